The maximum atomic E-state index is 11.7. The van der Waals surface area contributed by atoms with Gasteiger partial charge < -0.3 is 9.53 Å². The van der Waals surface area contributed by atoms with E-state index in [9.17, 15) is 9.59 Å². The number of nitrogens with zero attached hydrogens (tertiary/aromatic N) is 1. The Hall–Kier alpha value is -2.15. The van der Waals surface area contributed by atoms with Gasteiger partial charge in [0.05, 0.1) is 17.6 Å². The van der Waals surface area contributed by atoms with Crippen LogP contribution in [-0.4, -0.2) is 12.3 Å². The molecule has 4 nitrogen and oxygen atoms in total. The second-order valence-electron chi connectivity index (χ2n) is 5.24. The lowest BCUT2D eigenvalue weighted by molar-refractivity contribution is -0.137. The van der Waals surface area contributed by atoms with Gasteiger partial charge in [0.2, 0.25) is 0 Å². The number of ether oxygens (including phenoxy) is 1. The number of hydrogen-bond acceptors (Lipinski definition) is 4. The topological polar surface area (TPSA) is 67.2 Å². The van der Waals surface area contributed by atoms with Crippen molar-refractivity contribution in [3.05, 3.63) is 29.3 Å². The summed E-state index contributed by atoms with van der Waals surface area (Å²) in [6.07, 6.45) is 0.774. The average molecular weight is 259 g/mol. The highest BCUT2D eigenvalue weighted by Crippen LogP contribution is 2.31. The molecule has 19 heavy (non-hydrogen) atoms. The lowest BCUT2D eigenvalue weighted by atomic mass is 9.85. The Morgan fingerprint density at radius 1 is 1.42 bits per heavy atom. The molecular weight excluding hydrogens is 242 g/mol. The molecule has 0 saturated heterocycles. The largest absolute Gasteiger partial charge is 0.426 e. The van der Waals surface area contributed by atoms with Gasteiger partial charge in [-0.15, -0.1) is 0 Å². The van der Waals surface area contributed by atoms with Gasteiger partial charge in [-0.05, 0) is 32.0 Å². The summed E-state index contributed by atoms with van der Waals surface area (Å²) in [7, 11) is 0. The van der Waals surface area contributed by atoms with Crippen molar-refractivity contribution in [1.29, 1.82) is 5.26 Å². The summed E-state index contributed by atoms with van der Waals surface area (Å²) in [6, 6.07) is 6.71. The predicted octanol–water partition coefficient (Wildman–Crippen LogP) is 2.60. The molecule has 0 heterocycles. The van der Waals surface area contributed by atoms with E-state index in [1.54, 1.807) is 45.9 Å². The first-order valence-corrected chi connectivity index (χ1v) is 6.04. The number of benzene rings is 1. The van der Waals surface area contributed by atoms with Gasteiger partial charge in [0.25, 0.3) is 0 Å². The van der Waals surface area contributed by atoms with Crippen LogP contribution in [0.5, 0.6) is 5.75 Å². The molecule has 1 aromatic carbocycles. The van der Waals surface area contributed by atoms with Crippen molar-refractivity contribution >= 4 is 12.3 Å². The molecule has 0 aliphatic rings. The maximum absolute atomic E-state index is 11.7. The van der Waals surface area contributed by atoms with Crippen LogP contribution < -0.4 is 4.74 Å². The summed E-state index contributed by atoms with van der Waals surface area (Å²) < 4.78 is 5.29. The van der Waals surface area contributed by atoms with Crippen molar-refractivity contribution in [2.24, 2.45) is 5.92 Å². The Kier molecular flexibility index (Phi) is 4.44. The van der Waals surface area contributed by atoms with Crippen LogP contribution >= 0.6 is 0 Å². The van der Waals surface area contributed by atoms with Crippen molar-refractivity contribution in [3.63, 3.8) is 0 Å². The summed E-state index contributed by atoms with van der Waals surface area (Å²) in [5.41, 5.74) is 0.143. The van der Waals surface area contributed by atoms with Crippen molar-refractivity contribution in [2.75, 3.05) is 0 Å². The lowest BCUT2D eigenvalue weighted by Gasteiger charge is -2.21. The van der Waals surface area contributed by atoms with Crippen LogP contribution in [0.4, 0.5) is 0 Å². The van der Waals surface area contributed by atoms with Gasteiger partial charge in [-0.25, -0.2) is 0 Å². The molecular formula is C15H17NO3. The van der Waals surface area contributed by atoms with E-state index in [-0.39, 0.29) is 11.9 Å². The van der Waals surface area contributed by atoms with Crippen LogP contribution in [0, 0.1) is 17.2 Å². The van der Waals surface area contributed by atoms with Gasteiger partial charge in [0.15, 0.2) is 0 Å². The SMILES string of the molecule is CC(C)C(=O)Oc1ccc(C#N)cc1C(C)(C)C=O. The maximum Gasteiger partial charge on any atom is 0.313 e. The zero-order chi connectivity index (χ0) is 14.6. The zero-order valence-electron chi connectivity index (χ0n) is 11.6. The minimum Gasteiger partial charge on any atom is -0.426 e. The quantitative estimate of drug-likeness (QED) is 0.473. The number of rotatable bonds is 4. The third-order valence-electron chi connectivity index (χ3n) is 2.78. The molecule has 1 rings (SSSR count). The third kappa shape index (κ3) is 3.41. The van der Waals surface area contributed by atoms with Crippen molar-refractivity contribution in [2.45, 2.75) is 33.1 Å². The summed E-state index contributed by atoms with van der Waals surface area (Å²) in [6.45, 7) is 6.89. The van der Waals surface area contributed by atoms with Gasteiger partial charge in [-0.1, -0.05) is 13.8 Å². The fourth-order valence-corrected chi connectivity index (χ4v) is 1.48. The molecule has 0 saturated carbocycles. The Morgan fingerprint density at radius 2 is 2.05 bits per heavy atom. The standard InChI is InChI=1S/C15H17NO3/c1-10(2)14(18)19-13-6-5-11(8-16)7-12(13)15(3,4)9-17/h5-7,9-10H,1-4H3. The molecule has 0 aliphatic heterocycles. The van der Waals surface area contributed by atoms with E-state index < -0.39 is 5.41 Å². The van der Waals surface area contributed by atoms with E-state index in [0.29, 0.717) is 16.9 Å². The van der Waals surface area contributed by atoms with E-state index in [1.807, 2.05) is 6.07 Å². The van der Waals surface area contributed by atoms with Crippen LogP contribution in [0.1, 0.15) is 38.8 Å². The van der Waals surface area contributed by atoms with E-state index in [4.69, 9.17) is 10.00 Å². The smallest absolute Gasteiger partial charge is 0.313 e. The van der Waals surface area contributed by atoms with Gasteiger partial charge in [0.1, 0.15) is 12.0 Å². The predicted molar refractivity (Wildman–Crippen MR) is 70.7 cm³/mol. The number of nitriles is 1. The Balaban J connectivity index is 3.28. The molecule has 0 aliphatic carbocycles. The number of esters is 1. The van der Waals surface area contributed by atoms with Crippen LogP contribution in [0.15, 0.2) is 18.2 Å². The second kappa shape index (κ2) is 5.66. The summed E-state index contributed by atoms with van der Waals surface area (Å²) in [5, 5.41) is 8.92. The molecule has 0 bridgehead atoms. The van der Waals surface area contributed by atoms with E-state index in [1.165, 1.54) is 0 Å². The lowest BCUT2D eigenvalue weighted by Crippen LogP contribution is -2.23. The fraction of sp³-hybridized carbons (Fsp3) is 0.400. The first-order chi connectivity index (χ1) is 8.81. The molecule has 0 fully saturated rings. The van der Waals surface area contributed by atoms with Crippen molar-refractivity contribution < 1.29 is 14.3 Å². The molecule has 0 radical (unpaired) electrons. The Labute approximate surface area is 113 Å². The Morgan fingerprint density at radius 3 is 2.53 bits per heavy atom. The van der Waals surface area contributed by atoms with Gasteiger partial charge in [0, 0.05) is 11.0 Å². The van der Waals surface area contributed by atoms with Crippen LogP contribution in [-0.2, 0) is 15.0 Å². The minimum atomic E-state index is -0.820. The highest BCUT2D eigenvalue weighted by atomic mass is 16.5. The monoisotopic (exact) mass is 259 g/mol. The number of aldehydes is 1. The highest BCUT2D eigenvalue weighted by molar-refractivity contribution is 5.77. The van der Waals surface area contributed by atoms with Gasteiger partial charge >= 0.3 is 5.97 Å². The van der Waals surface area contributed by atoms with Gasteiger partial charge in [-0.2, -0.15) is 5.26 Å². The summed E-state index contributed by atoms with van der Waals surface area (Å²) in [4.78, 5) is 22.8. The third-order valence-corrected chi connectivity index (χ3v) is 2.78. The normalized spacial score (nSPS) is 10.9. The molecule has 0 atom stereocenters. The first kappa shape index (κ1) is 14.9. The Bertz CT molecular complexity index is 539. The van der Waals surface area contributed by atoms with Crippen LogP contribution in [0.25, 0.3) is 0 Å². The van der Waals surface area contributed by atoms with E-state index in [0.717, 1.165) is 6.29 Å². The van der Waals surface area contributed by atoms with Crippen molar-refractivity contribution in [1.82, 2.24) is 0 Å². The number of hydrogen-bond donors (Lipinski definition) is 0. The molecule has 0 spiro atoms. The molecule has 100 valence electrons. The minimum absolute atomic E-state index is 0.261. The molecule has 1 aromatic rings. The summed E-state index contributed by atoms with van der Waals surface area (Å²) >= 11 is 0. The first-order valence-electron chi connectivity index (χ1n) is 6.04. The molecule has 0 unspecified atom stereocenters. The zero-order valence-corrected chi connectivity index (χ0v) is 11.6. The number of carbonyl (C=O) groups is 2. The van der Waals surface area contributed by atoms with E-state index >= 15 is 0 Å². The molecule has 0 amide bonds. The van der Waals surface area contributed by atoms with E-state index in [2.05, 4.69) is 0 Å². The van der Waals surface area contributed by atoms with Crippen LogP contribution in [0.3, 0.4) is 0 Å². The molecule has 0 aromatic heterocycles. The summed E-state index contributed by atoms with van der Waals surface area (Å²) in [5.74, 6) is -0.301. The average Bonchev–Trinajstić information content (AvgIpc) is 2.38. The highest BCUT2D eigenvalue weighted by Gasteiger charge is 2.26. The van der Waals surface area contributed by atoms with Gasteiger partial charge in [-0.3, -0.25) is 4.79 Å². The second-order valence-corrected chi connectivity index (χ2v) is 5.24. The van der Waals surface area contributed by atoms with Crippen LogP contribution in [0.2, 0.25) is 0 Å². The van der Waals surface area contributed by atoms with Crippen molar-refractivity contribution in [3.8, 4) is 11.8 Å². The fourth-order valence-electron chi connectivity index (χ4n) is 1.48. The molecule has 0 N–H and O–H groups in total. The molecule has 4 heteroatoms. The number of carbonyl (C=O) groups excluding carboxylic acids is 2.